The number of rotatable bonds is 8. The number of carbonyl (C=O) groups excluding carboxylic acids is 1. The van der Waals surface area contributed by atoms with Crippen LogP contribution in [0.3, 0.4) is 0 Å². The van der Waals surface area contributed by atoms with Crippen LogP contribution in [0.15, 0.2) is 41.3 Å². The highest BCUT2D eigenvalue weighted by Crippen LogP contribution is 2.32. The minimum absolute atomic E-state index is 0.00401. The average Bonchev–Trinajstić information content (AvgIpc) is 3.36. The molecular formula is C25H28F2N4O5S2. The third kappa shape index (κ3) is 5.87. The van der Waals surface area contributed by atoms with Gasteiger partial charge in [-0.25, -0.2) is 22.2 Å². The van der Waals surface area contributed by atoms with Crippen molar-refractivity contribution in [2.45, 2.75) is 11.3 Å². The lowest BCUT2D eigenvalue weighted by atomic mass is 10.2. The van der Waals surface area contributed by atoms with Gasteiger partial charge in [-0.2, -0.15) is 4.31 Å². The number of hydrogen-bond acceptors (Lipinski definition) is 8. The maximum absolute atomic E-state index is 14.4. The third-order valence-corrected chi connectivity index (χ3v) is 9.49. The molecule has 2 fully saturated rings. The minimum Gasteiger partial charge on any atom is -0.379 e. The van der Waals surface area contributed by atoms with E-state index in [2.05, 4.69) is 9.88 Å². The van der Waals surface area contributed by atoms with E-state index in [1.165, 1.54) is 39.5 Å². The SMILES string of the molecule is O=C(c1ccc(S(=O)(=O)N2CCOCC2)cc1)N(CCCN1CCOCC1)c1nc2c(F)cc(F)cc2s1. The summed E-state index contributed by atoms with van der Waals surface area (Å²) in [7, 11) is -3.70. The number of carbonyl (C=O) groups is 1. The monoisotopic (exact) mass is 566 g/mol. The first-order valence-corrected chi connectivity index (χ1v) is 14.6. The highest BCUT2D eigenvalue weighted by Gasteiger charge is 2.28. The summed E-state index contributed by atoms with van der Waals surface area (Å²) in [6, 6.07) is 7.73. The highest BCUT2D eigenvalue weighted by molar-refractivity contribution is 7.89. The van der Waals surface area contributed by atoms with Crippen molar-refractivity contribution < 1.29 is 31.5 Å². The summed E-state index contributed by atoms with van der Waals surface area (Å²) in [6.07, 6.45) is 0.627. The molecule has 2 saturated heterocycles. The predicted octanol–water partition coefficient (Wildman–Crippen LogP) is 2.96. The Labute approximate surface area is 223 Å². The molecule has 0 atom stereocenters. The zero-order chi connectivity index (χ0) is 26.7. The molecule has 0 spiro atoms. The van der Waals surface area contributed by atoms with Crippen LogP contribution in [-0.2, 0) is 19.5 Å². The number of aromatic nitrogens is 1. The quantitative estimate of drug-likeness (QED) is 0.414. The zero-order valence-corrected chi connectivity index (χ0v) is 22.3. The Kier molecular flexibility index (Phi) is 8.31. The first kappa shape index (κ1) is 27.0. The van der Waals surface area contributed by atoms with Crippen molar-refractivity contribution in [1.29, 1.82) is 0 Å². The fourth-order valence-corrected chi connectivity index (χ4v) is 6.92. The molecule has 204 valence electrons. The molecule has 0 N–H and O–H groups in total. The number of thiazole rings is 1. The second kappa shape index (κ2) is 11.7. The number of hydrogen-bond donors (Lipinski definition) is 0. The molecule has 3 aromatic rings. The van der Waals surface area contributed by atoms with Gasteiger partial charge in [0.25, 0.3) is 5.91 Å². The summed E-state index contributed by atoms with van der Waals surface area (Å²) in [6.45, 7) is 5.17. The van der Waals surface area contributed by atoms with Crippen LogP contribution in [0.2, 0.25) is 0 Å². The van der Waals surface area contributed by atoms with Crippen LogP contribution in [0.1, 0.15) is 16.8 Å². The molecule has 2 aliphatic rings. The van der Waals surface area contributed by atoms with Crippen LogP contribution in [-0.4, -0.2) is 94.2 Å². The molecule has 3 heterocycles. The Morgan fingerprint density at radius 3 is 2.34 bits per heavy atom. The summed E-state index contributed by atoms with van der Waals surface area (Å²) in [5.41, 5.74) is 0.271. The van der Waals surface area contributed by atoms with E-state index in [1.54, 1.807) is 0 Å². The molecule has 38 heavy (non-hydrogen) atoms. The van der Waals surface area contributed by atoms with Crippen LogP contribution in [0.5, 0.6) is 0 Å². The first-order valence-electron chi connectivity index (χ1n) is 12.4. The van der Waals surface area contributed by atoms with Crippen LogP contribution >= 0.6 is 11.3 Å². The number of halogens is 2. The van der Waals surface area contributed by atoms with E-state index in [-0.39, 0.29) is 34.2 Å². The number of fused-ring (bicyclic) bond motifs is 1. The lowest BCUT2D eigenvalue weighted by Gasteiger charge is -2.28. The smallest absolute Gasteiger partial charge is 0.260 e. The van der Waals surface area contributed by atoms with E-state index in [9.17, 15) is 22.0 Å². The summed E-state index contributed by atoms with van der Waals surface area (Å²) in [5, 5.41) is 0.251. The van der Waals surface area contributed by atoms with E-state index in [4.69, 9.17) is 9.47 Å². The number of benzene rings is 2. The van der Waals surface area contributed by atoms with E-state index >= 15 is 0 Å². The van der Waals surface area contributed by atoms with Crippen molar-refractivity contribution >= 4 is 42.6 Å². The van der Waals surface area contributed by atoms with Gasteiger partial charge in [0, 0.05) is 50.9 Å². The van der Waals surface area contributed by atoms with Gasteiger partial charge in [-0.15, -0.1) is 0 Å². The van der Waals surface area contributed by atoms with Gasteiger partial charge in [0.2, 0.25) is 10.0 Å². The summed E-state index contributed by atoms with van der Waals surface area (Å²) < 4.78 is 66.4. The number of sulfonamides is 1. The van der Waals surface area contributed by atoms with Gasteiger partial charge in [-0.1, -0.05) is 11.3 Å². The van der Waals surface area contributed by atoms with E-state index in [1.807, 2.05) is 0 Å². The standard InChI is InChI=1S/C25H28F2N4O5S2/c26-19-16-21(27)23-22(17-19)37-25(28-23)31(7-1-6-29-8-12-35-13-9-29)24(32)18-2-4-20(5-3-18)38(33,34)30-10-14-36-15-11-30/h2-5,16-17H,1,6-15H2. The van der Waals surface area contributed by atoms with Crippen molar-refractivity contribution in [3.05, 3.63) is 53.6 Å². The molecule has 9 nitrogen and oxygen atoms in total. The Morgan fingerprint density at radius 1 is 1.00 bits per heavy atom. The molecule has 0 unspecified atom stereocenters. The number of anilines is 1. The molecule has 5 rings (SSSR count). The topological polar surface area (TPSA) is 92.3 Å². The van der Waals surface area contributed by atoms with Gasteiger partial charge in [0.15, 0.2) is 10.9 Å². The Bertz CT molecular complexity index is 1390. The van der Waals surface area contributed by atoms with Crippen molar-refractivity contribution in [3.8, 4) is 0 Å². The molecule has 13 heteroatoms. The zero-order valence-electron chi connectivity index (χ0n) is 20.6. The van der Waals surface area contributed by atoms with Gasteiger partial charge in [0.05, 0.1) is 36.0 Å². The second-order valence-corrected chi connectivity index (χ2v) is 12.0. The summed E-state index contributed by atoms with van der Waals surface area (Å²) in [5.74, 6) is -1.91. The number of morpholine rings is 2. The normalized spacial score (nSPS) is 17.6. The fraction of sp³-hybridized carbons (Fsp3) is 0.440. The minimum atomic E-state index is -3.70. The summed E-state index contributed by atoms with van der Waals surface area (Å²) >= 11 is 1.03. The van der Waals surface area contributed by atoms with Crippen LogP contribution in [0.4, 0.5) is 13.9 Å². The Morgan fingerprint density at radius 2 is 1.66 bits per heavy atom. The molecule has 0 saturated carbocycles. The van der Waals surface area contributed by atoms with Gasteiger partial charge < -0.3 is 9.47 Å². The molecule has 0 radical (unpaired) electrons. The molecular weight excluding hydrogens is 538 g/mol. The number of ether oxygens (including phenoxy) is 2. The lowest BCUT2D eigenvalue weighted by Crippen LogP contribution is -2.40. The molecule has 1 aromatic heterocycles. The molecule has 0 aliphatic carbocycles. The maximum Gasteiger partial charge on any atom is 0.260 e. The van der Waals surface area contributed by atoms with Gasteiger partial charge in [-0.3, -0.25) is 14.6 Å². The Hall–Kier alpha value is -2.55. The van der Waals surface area contributed by atoms with E-state index in [0.29, 0.717) is 44.1 Å². The van der Waals surface area contributed by atoms with Gasteiger partial charge >= 0.3 is 0 Å². The van der Waals surface area contributed by atoms with Crippen molar-refractivity contribution in [3.63, 3.8) is 0 Å². The largest absolute Gasteiger partial charge is 0.379 e. The van der Waals surface area contributed by atoms with Gasteiger partial charge in [0.1, 0.15) is 11.3 Å². The third-order valence-electron chi connectivity index (χ3n) is 6.55. The van der Waals surface area contributed by atoms with E-state index in [0.717, 1.165) is 37.0 Å². The van der Waals surface area contributed by atoms with Crippen LogP contribution in [0.25, 0.3) is 10.2 Å². The van der Waals surface area contributed by atoms with Gasteiger partial charge in [-0.05, 0) is 36.8 Å². The molecule has 1 amide bonds. The molecule has 2 aromatic carbocycles. The summed E-state index contributed by atoms with van der Waals surface area (Å²) in [4.78, 5) is 21.7. The molecule has 2 aliphatic heterocycles. The number of nitrogens with zero attached hydrogens (tertiary/aromatic N) is 4. The Balaban J connectivity index is 1.39. The van der Waals surface area contributed by atoms with Crippen molar-refractivity contribution in [2.75, 3.05) is 70.6 Å². The van der Waals surface area contributed by atoms with Crippen LogP contribution < -0.4 is 4.90 Å². The first-order chi connectivity index (χ1) is 18.3. The maximum atomic E-state index is 14.4. The average molecular weight is 567 g/mol. The van der Waals surface area contributed by atoms with E-state index < -0.39 is 27.6 Å². The second-order valence-electron chi connectivity index (χ2n) is 9.04. The van der Waals surface area contributed by atoms with Crippen LogP contribution in [0, 0.1) is 11.6 Å². The predicted molar refractivity (Wildman–Crippen MR) is 139 cm³/mol. The number of amides is 1. The molecule has 0 bridgehead atoms. The highest BCUT2D eigenvalue weighted by atomic mass is 32.2. The van der Waals surface area contributed by atoms with Crippen molar-refractivity contribution in [1.82, 2.24) is 14.2 Å². The lowest BCUT2D eigenvalue weighted by molar-refractivity contribution is 0.0376. The fourth-order valence-electron chi connectivity index (χ4n) is 4.48. The van der Waals surface area contributed by atoms with Crippen molar-refractivity contribution in [2.24, 2.45) is 0 Å².